The number of nitrogens with two attached hydrogens (primary N) is 1. The summed E-state index contributed by atoms with van der Waals surface area (Å²) in [7, 11) is -3.47. The van der Waals surface area contributed by atoms with Crippen molar-refractivity contribution in [2.24, 2.45) is 0 Å². The van der Waals surface area contributed by atoms with Crippen molar-refractivity contribution in [2.45, 2.75) is 5.16 Å². The lowest BCUT2D eigenvalue weighted by Gasteiger charge is -2.04. The summed E-state index contributed by atoms with van der Waals surface area (Å²) in [5.41, 5.74) is 6.76. The van der Waals surface area contributed by atoms with Gasteiger partial charge in [-0.25, -0.2) is 18.4 Å². The van der Waals surface area contributed by atoms with Crippen molar-refractivity contribution in [2.75, 3.05) is 12.0 Å². The van der Waals surface area contributed by atoms with Crippen molar-refractivity contribution < 1.29 is 8.42 Å². The largest absolute Gasteiger partial charge is 0.384 e. The maximum atomic E-state index is 11.4. The molecule has 88 valence electrons. The van der Waals surface area contributed by atoms with Gasteiger partial charge >= 0.3 is 0 Å². The molecule has 0 aliphatic carbocycles. The molecule has 0 spiro atoms. The molecule has 2 heterocycles. The van der Waals surface area contributed by atoms with E-state index in [0.29, 0.717) is 5.69 Å². The third kappa shape index (κ3) is 2.56. The molecule has 2 N–H and O–H groups in total. The van der Waals surface area contributed by atoms with Crippen molar-refractivity contribution in [1.29, 1.82) is 0 Å². The molecule has 0 aliphatic heterocycles. The Morgan fingerprint density at radius 2 is 1.82 bits per heavy atom. The highest BCUT2D eigenvalue weighted by molar-refractivity contribution is 7.90. The van der Waals surface area contributed by atoms with Gasteiger partial charge in [-0.2, -0.15) is 0 Å². The summed E-state index contributed by atoms with van der Waals surface area (Å²) in [4.78, 5) is 11.5. The topological polar surface area (TPSA) is 98.8 Å². The Morgan fingerprint density at radius 1 is 1.18 bits per heavy atom. The van der Waals surface area contributed by atoms with E-state index in [1.165, 1.54) is 6.07 Å². The lowest BCUT2D eigenvalue weighted by atomic mass is 10.2. The molecule has 0 saturated heterocycles. The van der Waals surface area contributed by atoms with Crippen molar-refractivity contribution >= 4 is 15.7 Å². The van der Waals surface area contributed by atoms with Crippen LogP contribution in [0.3, 0.4) is 0 Å². The van der Waals surface area contributed by atoms with Gasteiger partial charge in [-0.3, -0.25) is 4.98 Å². The second kappa shape index (κ2) is 4.10. The molecule has 2 aromatic heterocycles. The number of rotatable bonds is 2. The van der Waals surface area contributed by atoms with Gasteiger partial charge in [0.05, 0.1) is 5.69 Å². The Bertz CT molecular complexity index is 641. The third-order valence-corrected chi connectivity index (χ3v) is 2.88. The molecule has 0 saturated carbocycles. The zero-order valence-electron chi connectivity index (χ0n) is 9.03. The van der Waals surface area contributed by atoms with Crippen LogP contribution in [0.2, 0.25) is 0 Å². The summed E-state index contributed by atoms with van der Waals surface area (Å²) in [6.45, 7) is 0. The maximum absolute atomic E-state index is 11.4. The molecule has 0 aromatic carbocycles. The van der Waals surface area contributed by atoms with E-state index in [-0.39, 0.29) is 11.0 Å². The van der Waals surface area contributed by atoms with Crippen molar-refractivity contribution in [3.05, 3.63) is 30.6 Å². The Kier molecular flexibility index (Phi) is 2.76. The fraction of sp³-hybridized carbons (Fsp3) is 0.100. The van der Waals surface area contributed by atoms with Crippen LogP contribution in [-0.2, 0) is 9.84 Å². The van der Waals surface area contributed by atoms with Gasteiger partial charge in [0.1, 0.15) is 5.82 Å². The normalized spacial score (nSPS) is 11.4. The standard InChI is InChI=1S/C10H10N4O2S/c1-17(15,16)10-13-8(6-9(11)14-10)7-2-4-12-5-3-7/h2-6H,1H3,(H2,11,13,14). The minimum absolute atomic E-state index is 0.118. The minimum atomic E-state index is -3.47. The highest BCUT2D eigenvalue weighted by atomic mass is 32.2. The maximum Gasteiger partial charge on any atom is 0.249 e. The molecule has 0 atom stereocenters. The van der Waals surface area contributed by atoms with Gasteiger partial charge in [0.25, 0.3) is 0 Å². The van der Waals surface area contributed by atoms with Gasteiger partial charge < -0.3 is 5.73 Å². The monoisotopic (exact) mass is 250 g/mol. The first-order valence-electron chi connectivity index (χ1n) is 4.72. The molecule has 0 radical (unpaired) electrons. The molecule has 0 fully saturated rings. The van der Waals surface area contributed by atoms with Gasteiger partial charge in [-0.15, -0.1) is 0 Å². The van der Waals surface area contributed by atoms with E-state index in [4.69, 9.17) is 5.73 Å². The van der Waals surface area contributed by atoms with Gasteiger partial charge in [0, 0.05) is 30.3 Å². The summed E-state index contributed by atoms with van der Waals surface area (Å²) in [6, 6.07) is 4.95. The first-order chi connectivity index (χ1) is 7.97. The van der Waals surface area contributed by atoms with E-state index in [1.54, 1.807) is 24.5 Å². The van der Waals surface area contributed by atoms with Crippen LogP contribution in [0.4, 0.5) is 5.82 Å². The van der Waals surface area contributed by atoms with Crippen LogP contribution in [-0.4, -0.2) is 29.6 Å². The van der Waals surface area contributed by atoms with Crippen molar-refractivity contribution in [3.8, 4) is 11.3 Å². The SMILES string of the molecule is CS(=O)(=O)c1nc(N)cc(-c2ccncc2)n1. The number of hydrogen-bond acceptors (Lipinski definition) is 6. The van der Waals surface area contributed by atoms with Gasteiger partial charge in [-0.05, 0) is 12.1 Å². The Labute approximate surface area is 98.5 Å². The van der Waals surface area contributed by atoms with E-state index < -0.39 is 9.84 Å². The number of nitrogen functional groups attached to an aromatic ring is 1. The summed E-state index contributed by atoms with van der Waals surface area (Å²) >= 11 is 0. The fourth-order valence-electron chi connectivity index (χ4n) is 1.28. The minimum Gasteiger partial charge on any atom is -0.384 e. The predicted molar refractivity (Wildman–Crippen MR) is 62.8 cm³/mol. The van der Waals surface area contributed by atoms with Crippen LogP contribution in [0.15, 0.2) is 35.7 Å². The molecule has 0 aliphatic rings. The lowest BCUT2D eigenvalue weighted by Crippen LogP contribution is -2.07. The predicted octanol–water partition coefficient (Wildman–Crippen LogP) is 0.524. The molecule has 7 heteroatoms. The molecule has 2 aromatic rings. The molecule has 2 rings (SSSR count). The number of nitrogens with zero attached hydrogens (tertiary/aromatic N) is 3. The zero-order valence-corrected chi connectivity index (χ0v) is 9.85. The zero-order chi connectivity index (χ0) is 12.5. The van der Waals surface area contributed by atoms with Crippen LogP contribution in [0, 0.1) is 0 Å². The van der Waals surface area contributed by atoms with E-state index in [1.807, 2.05) is 0 Å². The molecular weight excluding hydrogens is 240 g/mol. The number of anilines is 1. The quantitative estimate of drug-likeness (QED) is 0.780. The first kappa shape index (κ1) is 11.5. The van der Waals surface area contributed by atoms with Crippen molar-refractivity contribution in [1.82, 2.24) is 15.0 Å². The van der Waals surface area contributed by atoms with Crippen LogP contribution in [0.1, 0.15) is 0 Å². The summed E-state index contributed by atoms with van der Waals surface area (Å²) in [6.07, 6.45) is 4.22. The number of sulfone groups is 1. The lowest BCUT2D eigenvalue weighted by molar-refractivity contribution is 0.593. The number of pyridine rings is 1. The highest BCUT2D eigenvalue weighted by Gasteiger charge is 2.13. The fourth-order valence-corrected chi connectivity index (χ4v) is 1.81. The van der Waals surface area contributed by atoms with E-state index in [2.05, 4.69) is 15.0 Å². The summed E-state index contributed by atoms with van der Waals surface area (Å²) in [5, 5.41) is -0.274. The van der Waals surface area contributed by atoms with Crippen LogP contribution < -0.4 is 5.73 Å². The average Bonchev–Trinajstić information content (AvgIpc) is 2.28. The number of aromatic nitrogens is 3. The second-order valence-corrected chi connectivity index (χ2v) is 5.38. The van der Waals surface area contributed by atoms with Gasteiger partial charge in [0.15, 0.2) is 0 Å². The Hall–Kier alpha value is -2.02. The molecular formula is C10H10N4O2S. The van der Waals surface area contributed by atoms with E-state index >= 15 is 0 Å². The van der Waals surface area contributed by atoms with Crippen molar-refractivity contribution in [3.63, 3.8) is 0 Å². The van der Waals surface area contributed by atoms with Crippen LogP contribution in [0.5, 0.6) is 0 Å². The van der Waals surface area contributed by atoms with Crippen LogP contribution >= 0.6 is 0 Å². The highest BCUT2D eigenvalue weighted by Crippen LogP contribution is 2.19. The van der Waals surface area contributed by atoms with Gasteiger partial charge in [-0.1, -0.05) is 0 Å². The second-order valence-electron chi connectivity index (χ2n) is 3.47. The molecule has 0 bridgehead atoms. The number of hydrogen-bond donors (Lipinski definition) is 1. The van der Waals surface area contributed by atoms with Crippen LogP contribution in [0.25, 0.3) is 11.3 Å². The average molecular weight is 250 g/mol. The third-order valence-electron chi connectivity index (χ3n) is 2.03. The smallest absolute Gasteiger partial charge is 0.249 e. The first-order valence-corrected chi connectivity index (χ1v) is 6.61. The van der Waals surface area contributed by atoms with E-state index in [9.17, 15) is 8.42 Å². The molecule has 17 heavy (non-hydrogen) atoms. The van der Waals surface area contributed by atoms with Gasteiger partial charge in [0.2, 0.25) is 15.0 Å². The van der Waals surface area contributed by atoms with E-state index in [0.717, 1.165) is 11.8 Å². The Morgan fingerprint density at radius 3 is 2.41 bits per heavy atom. The summed E-state index contributed by atoms with van der Waals surface area (Å²) < 4.78 is 22.8. The molecule has 6 nitrogen and oxygen atoms in total. The molecule has 0 unspecified atom stereocenters. The summed E-state index contributed by atoms with van der Waals surface area (Å²) in [5.74, 6) is 0.118. The Balaban J connectivity index is 2.61. The molecule has 0 amide bonds.